The minimum Gasteiger partial charge on any atom is -0.325 e. The van der Waals surface area contributed by atoms with Gasteiger partial charge < -0.3 is 23.4 Å². The molecule has 0 radical (unpaired) electrons. The molecular weight excluding hydrogens is 497 g/mol. The normalized spacial score (nSPS) is 13.5. The maximum absolute atomic E-state index is 14.0. The van der Waals surface area contributed by atoms with Gasteiger partial charge >= 0.3 is 21.4 Å². The lowest BCUT2D eigenvalue weighted by atomic mass is 10.2. The van der Waals surface area contributed by atoms with Gasteiger partial charge in [-0.05, 0) is 79.7 Å². The minimum atomic E-state index is -4.57. The Balaban J connectivity index is 3.59. The molecule has 0 aliphatic rings. The lowest BCUT2D eigenvalue weighted by Gasteiger charge is -2.34. The van der Waals surface area contributed by atoms with E-state index >= 15 is 0 Å². The first-order chi connectivity index (χ1) is 15.4. The summed E-state index contributed by atoms with van der Waals surface area (Å²) in [7, 11) is -9.02. The van der Waals surface area contributed by atoms with E-state index in [-0.39, 0.29) is 5.69 Å². The standard InChI is InChI=1S/C21H34F3NO7P2/c1-13(2)29-33(27,30-14(3)4)20(34(28,31-15(5)6)32-16(7)8)19(26)25-18-11-9-17(10-12-18)21(22,23)24/h9-16,20H,1-8H3,(H,25,26). The van der Waals surface area contributed by atoms with Gasteiger partial charge in [-0.1, -0.05) is 0 Å². The Hall–Kier alpha value is -1.22. The van der Waals surface area contributed by atoms with Crippen LogP contribution in [0.25, 0.3) is 0 Å². The fourth-order valence-electron chi connectivity index (χ4n) is 2.87. The van der Waals surface area contributed by atoms with Gasteiger partial charge in [0.2, 0.25) is 5.40 Å². The van der Waals surface area contributed by atoms with E-state index in [1.54, 1.807) is 55.4 Å². The van der Waals surface area contributed by atoms with Crippen LogP contribution in [0.2, 0.25) is 0 Å². The van der Waals surface area contributed by atoms with Crippen molar-refractivity contribution in [2.75, 3.05) is 5.32 Å². The van der Waals surface area contributed by atoms with Gasteiger partial charge in [-0.3, -0.25) is 13.9 Å². The molecule has 0 fully saturated rings. The number of nitrogens with one attached hydrogen (secondary N) is 1. The summed E-state index contributed by atoms with van der Waals surface area (Å²) in [6.45, 7) is 12.4. The molecule has 8 nitrogen and oxygen atoms in total. The molecule has 1 N–H and O–H groups in total. The molecule has 1 amide bonds. The summed E-state index contributed by atoms with van der Waals surface area (Å²) in [5.41, 5.74) is -0.972. The molecule has 1 aromatic carbocycles. The number of alkyl halides is 3. The summed E-state index contributed by atoms with van der Waals surface area (Å²) < 4.78 is 88.7. The first kappa shape index (κ1) is 30.8. The largest absolute Gasteiger partial charge is 0.416 e. The molecular formula is C21H34F3NO7P2. The van der Waals surface area contributed by atoms with Crippen molar-refractivity contribution >= 4 is 26.8 Å². The summed E-state index contributed by atoms with van der Waals surface area (Å²) in [5.74, 6) is -1.10. The molecule has 1 aromatic rings. The molecule has 196 valence electrons. The maximum atomic E-state index is 14.0. The van der Waals surface area contributed by atoms with Crippen LogP contribution >= 0.6 is 15.2 Å². The third-order valence-corrected chi connectivity index (χ3v) is 9.97. The third kappa shape index (κ3) is 9.10. The van der Waals surface area contributed by atoms with Gasteiger partial charge in [0.05, 0.1) is 30.0 Å². The average molecular weight is 531 g/mol. The van der Waals surface area contributed by atoms with Crippen LogP contribution in [0.3, 0.4) is 0 Å². The molecule has 0 atom stereocenters. The van der Waals surface area contributed by atoms with E-state index in [9.17, 15) is 27.1 Å². The Morgan fingerprint density at radius 3 is 1.32 bits per heavy atom. The highest BCUT2D eigenvalue weighted by Crippen LogP contribution is 2.72. The van der Waals surface area contributed by atoms with E-state index in [4.69, 9.17) is 18.1 Å². The number of rotatable bonds is 12. The first-order valence-corrected chi connectivity index (χ1v) is 14.0. The smallest absolute Gasteiger partial charge is 0.325 e. The summed E-state index contributed by atoms with van der Waals surface area (Å²) in [6, 6.07) is 3.59. The van der Waals surface area contributed by atoms with E-state index in [1.807, 2.05) is 0 Å². The van der Waals surface area contributed by atoms with Crippen LogP contribution in [-0.2, 0) is 38.2 Å². The molecule has 0 bridgehead atoms. The topological polar surface area (TPSA) is 100 Å². The zero-order valence-corrected chi connectivity index (χ0v) is 22.4. The predicted molar refractivity (Wildman–Crippen MR) is 124 cm³/mol. The van der Waals surface area contributed by atoms with Gasteiger partial charge in [0.15, 0.2) is 0 Å². The van der Waals surface area contributed by atoms with Crippen molar-refractivity contribution in [1.82, 2.24) is 0 Å². The molecule has 13 heteroatoms. The summed E-state index contributed by atoms with van der Waals surface area (Å²) in [4.78, 5) is 13.4. The number of benzene rings is 1. The van der Waals surface area contributed by atoms with Crippen molar-refractivity contribution in [2.24, 2.45) is 0 Å². The van der Waals surface area contributed by atoms with Crippen molar-refractivity contribution in [3.05, 3.63) is 29.8 Å². The quantitative estimate of drug-likeness (QED) is 0.288. The Labute approximate surface area is 198 Å². The molecule has 0 aromatic heterocycles. The number of carbonyl (C=O) groups is 1. The number of amides is 1. The fraction of sp³-hybridized carbons (Fsp3) is 0.667. The number of carbonyl (C=O) groups excluding carboxylic acids is 1. The number of hydrogen-bond donors (Lipinski definition) is 1. The second-order valence-electron chi connectivity index (χ2n) is 8.63. The van der Waals surface area contributed by atoms with Crippen molar-refractivity contribution in [1.29, 1.82) is 0 Å². The number of anilines is 1. The van der Waals surface area contributed by atoms with Crippen LogP contribution in [0.4, 0.5) is 18.9 Å². The Morgan fingerprint density at radius 2 is 1.06 bits per heavy atom. The van der Waals surface area contributed by atoms with Crippen LogP contribution in [0.5, 0.6) is 0 Å². The molecule has 0 spiro atoms. The summed E-state index contributed by atoms with van der Waals surface area (Å²) >= 11 is 0. The molecule has 34 heavy (non-hydrogen) atoms. The van der Waals surface area contributed by atoms with Gasteiger partial charge in [-0.2, -0.15) is 13.2 Å². The van der Waals surface area contributed by atoms with Crippen LogP contribution in [0.15, 0.2) is 24.3 Å². The zero-order valence-electron chi connectivity index (χ0n) is 20.6. The molecule has 1 rings (SSSR count). The van der Waals surface area contributed by atoms with Crippen molar-refractivity contribution in [3.8, 4) is 0 Å². The van der Waals surface area contributed by atoms with E-state index < -0.39 is 62.7 Å². The minimum absolute atomic E-state index is 0.0516. The maximum Gasteiger partial charge on any atom is 0.416 e. The monoisotopic (exact) mass is 531 g/mol. The Morgan fingerprint density at radius 1 is 0.735 bits per heavy atom. The van der Waals surface area contributed by atoms with E-state index in [1.165, 1.54) is 0 Å². The predicted octanol–water partition coefficient (Wildman–Crippen LogP) is 7.06. The molecule has 0 heterocycles. The van der Waals surface area contributed by atoms with Crippen LogP contribution in [0.1, 0.15) is 61.0 Å². The molecule has 0 aliphatic carbocycles. The SMILES string of the molecule is CC(C)OP(=O)(OC(C)C)C(C(=O)Nc1ccc(C(F)(F)F)cc1)P(=O)(OC(C)C)OC(C)C. The third-order valence-electron chi connectivity index (χ3n) is 3.74. The summed E-state index contributed by atoms with van der Waals surface area (Å²) in [6.07, 6.45) is -7.35. The molecule has 0 aliphatic heterocycles. The van der Waals surface area contributed by atoms with Gasteiger partial charge in [0.25, 0.3) is 5.91 Å². The molecule has 0 unspecified atom stereocenters. The zero-order chi connectivity index (χ0) is 26.5. The number of hydrogen-bond acceptors (Lipinski definition) is 7. The van der Waals surface area contributed by atoms with Gasteiger partial charge in [-0.25, -0.2) is 0 Å². The second kappa shape index (κ2) is 12.2. The molecule has 0 saturated carbocycles. The van der Waals surface area contributed by atoms with Crippen LogP contribution in [0, 0.1) is 0 Å². The van der Waals surface area contributed by atoms with Gasteiger partial charge in [0.1, 0.15) is 0 Å². The highest BCUT2D eigenvalue weighted by molar-refractivity contribution is 7.74. The Bertz CT molecular complexity index is 837. The fourth-order valence-corrected chi connectivity index (χ4v) is 8.52. The summed E-state index contributed by atoms with van der Waals surface area (Å²) in [5, 5.41) is 0.310. The van der Waals surface area contributed by atoms with E-state index in [2.05, 4.69) is 5.32 Å². The van der Waals surface area contributed by atoms with E-state index in [0.29, 0.717) is 0 Å². The lowest BCUT2D eigenvalue weighted by Crippen LogP contribution is -2.33. The lowest BCUT2D eigenvalue weighted by molar-refractivity contribution is -0.137. The second-order valence-corrected chi connectivity index (χ2v) is 13.1. The Kier molecular flexibility index (Phi) is 11.0. The highest BCUT2D eigenvalue weighted by Gasteiger charge is 2.57. The van der Waals surface area contributed by atoms with Crippen LogP contribution in [-0.4, -0.2) is 35.7 Å². The van der Waals surface area contributed by atoms with Crippen molar-refractivity contribution in [3.63, 3.8) is 0 Å². The van der Waals surface area contributed by atoms with E-state index in [0.717, 1.165) is 24.3 Å². The number of halogens is 3. The van der Waals surface area contributed by atoms with Crippen molar-refractivity contribution in [2.45, 2.75) is 91.4 Å². The van der Waals surface area contributed by atoms with Gasteiger partial charge in [0, 0.05) is 5.69 Å². The van der Waals surface area contributed by atoms with Crippen molar-refractivity contribution < 1.29 is 45.2 Å². The van der Waals surface area contributed by atoms with Gasteiger partial charge in [-0.15, -0.1) is 0 Å². The highest BCUT2D eigenvalue weighted by atomic mass is 31.2. The van der Waals surface area contributed by atoms with Crippen LogP contribution < -0.4 is 5.32 Å². The first-order valence-electron chi connectivity index (χ1n) is 10.8. The average Bonchev–Trinajstić information content (AvgIpc) is 2.57. The molecule has 0 saturated heterocycles.